The molecular weight excluding hydrogens is 434 g/mol. The first-order chi connectivity index (χ1) is 15.3. The Morgan fingerprint density at radius 2 is 1.88 bits per heavy atom. The van der Waals surface area contributed by atoms with Crippen molar-refractivity contribution in [3.63, 3.8) is 0 Å². The van der Waals surface area contributed by atoms with E-state index in [9.17, 15) is 19.2 Å². The molecule has 2 aromatic heterocycles. The third-order valence-electron chi connectivity index (χ3n) is 4.40. The fraction of sp³-hybridized carbons (Fsp3) is 0.304. The van der Waals surface area contributed by atoms with Gasteiger partial charge in [0.15, 0.2) is 12.0 Å². The average molecular weight is 458 g/mol. The van der Waals surface area contributed by atoms with Gasteiger partial charge in [0.2, 0.25) is 5.76 Å². The highest BCUT2D eigenvalue weighted by Crippen LogP contribution is 2.31. The zero-order valence-corrected chi connectivity index (χ0v) is 18.7. The Morgan fingerprint density at radius 1 is 1.12 bits per heavy atom. The smallest absolute Gasteiger partial charge is 0.374 e. The zero-order valence-electron chi connectivity index (χ0n) is 17.9. The van der Waals surface area contributed by atoms with Crippen LogP contribution in [0.2, 0.25) is 0 Å². The van der Waals surface area contributed by atoms with Gasteiger partial charge in [0.25, 0.3) is 5.91 Å². The molecule has 0 aliphatic rings. The van der Waals surface area contributed by atoms with E-state index in [2.05, 4.69) is 5.32 Å². The van der Waals surface area contributed by atoms with Gasteiger partial charge in [0.1, 0.15) is 10.6 Å². The molecule has 2 heterocycles. The van der Waals surface area contributed by atoms with Crippen LogP contribution in [-0.4, -0.2) is 31.1 Å². The highest BCUT2D eigenvalue weighted by atomic mass is 32.1. The van der Waals surface area contributed by atoms with Crippen molar-refractivity contribution in [2.24, 2.45) is 5.92 Å². The van der Waals surface area contributed by atoms with E-state index in [1.54, 1.807) is 36.6 Å². The number of thiophene rings is 1. The molecule has 0 aliphatic heterocycles. The molecule has 0 spiro atoms. The van der Waals surface area contributed by atoms with Crippen LogP contribution in [0.5, 0.6) is 0 Å². The topological polar surface area (TPSA) is 112 Å². The maximum absolute atomic E-state index is 12.4. The van der Waals surface area contributed by atoms with Gasteiger partial charge in [-0.1, -0.05) is 26.0 Å². The fourth-order valence-corrected chi connectivity index (χ4v) is 4.05. The lowest BCUT2D eigenvalue weighted by Crippen LogP contribution is -2.22. The van der Waals surface area contributed by atoms with Gasteiger partial charge >= 0.3 is 11.9 Å². The van der Waals surface area contributed by atoms with E-state index in [-0.39, 0.29) is 18.0 Å². The molecule has 1 amide bonds. The van der Waals surface area contributed by atoms with Gasteiger partial charge in [-0.25, -0.2) is 9.59 Å². The minimum atomic E-state index is -0.944. The van der Waals surface area contributed by atoms with Crippen LogP contribution < -0.4 is 10.7 Å². The Balaban J connectivity index is 1.70. The quantitative estimate of drug-likeness (QED) is 0.508. The number of fused-ring (bicyclic) bond motifs is 1. The summed E-state index contributed by atoms with van der Waals surface area (Å²) in [6.45, 7) is 5.34. The van der Waals surface area contributed by atoms with Crippen molar-refractivity contribution in [2.45, 2.75) is 27.2 Å². The summed E-state index contributed by atoms with van der Waals surface area (Å²) in [5.41, 5.74) is 0.949. The third-order valence-corrected chi connectivity index (χ3v) is 5.34. The summed E-state index contributed by atoms with van der Waals surface area (Å²) in [4.78, 5) is 49.2. The van der Waals surface area contributed by atoms with Gasteiger partial charge in [0.05, 0.1) is 17.6 Å². The summed E-state index contributed by atoms with van der Waals surface area (Å²) in [6, 6.07) is 7.52. The number of anilines is 1. The highest BCUT2D eigenvalue weighted by molar-refractivity contribution is 7.15. The largest absolute Gasteiger partial charge is 0.462 e. The van der Waals surface area contributed by atoms with E-state index in [4.69, 9.17) is 13.9 Å². The minimum Gasteiger partial charge on any atom is -0.462 e. The molecule has 9 heteroatoms. The monoisotopic (exact) mass is 457 g/mol. The molecule has 3 aromatic rings. The van der Waals surface area contributed by atoms with Gasteiger partial charge in [-0.3, -0.25) is 9.59 Å². The average Bonchev–Trinajstić information content (AvgIpc) is 3.13. The van der Waals surface area contributed by atoms with E-state index >= 15 is 0 Å². The summed E-state index contributed by atoms with van der Waals surface area (Å²) >= 11 is 1.20. The lowest BCUT2D eigenvalue weighted by molar-refractivity contribution is -0.119. The molecule has 0 unspecified atom stereocenters. The molecule has 0 atom stereocenters. The number of carbonyl (C=O) groups is 3. The molecule has 168 valence electrons. The fourth-order valence-electron chi connectivity index (χ4n) is 3.07. The molecule has 32 heavy (non-hydrogen) atoms. The highest BCUT2D eigenvalue weighted by Gasteiger charge is 2.23. The standard InChI is InChI=1S/C23H23NO7S/c1-4-29-23(28)20-14(9-13(2)3)12-32-21(20)24-19(26)11-30-22(27)18-10-16(25)15-7-5-6-8-17(15)31-18/h5-8,10,12-13H,4,9,11H2,1-3H3,(H,24,26). The first-order valence-corrected chi connectivity index (χ1v) is 11.0. The molecule has 0 saturated heterocycles. The number of esters is 2. The second-order valence-electron chi connectivity index (χ2n) is 7.38. The predicted molar refractivity (Wildman–Crippen MR) is 120 cm³/mol. The normalized spacial score (nSPS) is 10.9. The molecule has 1 aromatic carbocycles. The van der Waals surface area contributed by atoms with Gasteiger partial charge in [-0.15, -0.1) is 11.3 Å². The number of benzene rings is 1. The second kappa shape index (κ2) is 10.2. The Hall–Kier alpha value is -3.46. The molecule has 0 radical (unpaired) electrons. The van der Waals surface area contributed by atoms with Crippen LogP contribution in [0.3, 0.4) is 0 Å². The van der Waals surface area contributed by atoms with E-state index in [1.165, 1.54) is 11.3 Å². The maximum atomic E-state index is 12.4. The van der Waals surface area contributed by atoms with Crippen LogP contribution in [0.1, 0.15) is 47.2 Å². The number of para-hydroxylation sites is 1. The molecule has 0 saturated carbocycles. The molecular formula is C23H23NO7S. The minimum absolute atomic E-state index is 0.206. The van der Waals surface area contributed by atoms with E-state index in [0.717, 1.165) is 11.6 Å². The summed E-state index contributed by atoms with van der Waals surface area (Å²) in [6.07, 6.45) is 0.649. The van der Waals surface area contributed by atoms with Crippen molar-refractivity contribution in [1.82, 2.24) is 0 Å². The van der Waals surface area contributed by atoms with Crippen LogP contribution in [0.15, 0.2) is 44.9 Å². The second-order valence-corrected chi connectivity index (χ2v) is 8.26. The first kappa shape index (κ1) is 23.2. The molecule has 8 nitrogen and oxygen atoms in total. The summed E-state index contributed by atoms with van der Waals surface area (Å²) < 4.78 is 15.5. The van der Waals surface area contributed by atoms with E-state index < -0.39 is 29.9 Å². The maximum Gasteiger partial charge on any atom is 0.374 e. The Morgan fingerprint density at radius 3 is 2.59 bits per heavy atom. The number of hydrogen-bond acceptors (Lipinski definition) is 8. The van der Waals surface area contributed by atoms with Gasteiger partial charge in [-0.05, 0) is 42.3 Å². The summed E-state index contributed by atoms with van der Waals surface area (Å²) in [7, 11) is 0. The van der Waals surface area contributed by atoms with E-state index in [1.807, 2.05) is 13.8 Å². The van der Waals surface area contributed by atoms with Crippen LogP contribution in [0, 0.1) is 5.92 Å². The SMILES string of the molecule is CCOC(=O)c1c(CC(C)C)csc1NC(=O)COC(=O)c1cc(=O)c2ccccc2o1. The number of rotatable bonds is 8. The van der Waals surface area contributed by atoms with Crippen molar-refractivity contribution < 1.29 is 28.3 Å². The molecule has 0 bridgehead atoms. The van der Waals surface area contributed by atoms with Gasteiger partial charge in [-0.2, -0.15) is 0 Å². The lowest BCUT2D eigenvalue weighted by atomic mass is 10.0. The molecule has 3 rings (SSSR count). The number of ether oxygens (including phenoxy) is 2. The molecule has 1 N–H and O–H groups in total. The zero-order chi connectivity index (χ0) is 23.3. The summed E-state index contributed by atoms with van der Waals surface area (Å²) in [5, 5.41) is 5.07. The molecule has 0 fully saturated rings. The van der Waals surface area contributed by atoms with Gasteiger partial charge < -0.3 is 19.2 Å². The number of hydrogen-bond donors (Lipinski definition) is 1. The van der Waals surface area contributed by atoms with Crippen molar-refractivity contribution in [2.75, 3.05) is 18.5 Å². The third kappa shape index (κ3) is 5.42. The Labute approximate surface area is 188 Å². The number of amides is 1. The van der Waals surface area contributed by atoms with E-state index in [0.29, 0.717) is 28.3 Å². The number of carbonyl (C=O) groups excluding carboxylic acids is 3. The van der Waals surface area contributed by atoms with Crippen molar-refractivity contribution in [3.8, 4) is 0 Å². The van der Waals surface area contributed by atoms with Crippen LogP contribution >= 0.6 is 11.3 Å². The van der Waals surface area contributed by atoms with Crippen molar-refractivity contribution in [3.05, 3.63) is 62.8 Å². The lowest BCUT2D eigenvalue weighted by Gasteiger charge is -2.10. The Kier molecular flexibility index (Phi) is 7.42. The summed E-state index contributed by atoms with van der Waals surface area (Å²) in [5.74, 6) is -2.09. The number of nitrogens with one attached hydrogen (secondary N) is 1. The van der Waals surface area contributed by atoms with Gasteiger partial charge in [0, 0.05) is 6.07 Å². The first-order valence-electron chi connectivity index (χ1n) is 10.1. The predicted octanol–water partition coefficient (Wildman–Crippen LogP) is 4.03. The van der Waals surface area contributed by atoms with Crippen LogP contribution in [-0.2, 0) is 20.7 Å². The Bertz CT molecular complexity index is 1210. The van der Waals surface area contributed by atoms with Crippen LogP contribution in [0.25, 0.3) is 11.0 Å². The van der Waals surface area contributed by atoms with Crippen molar-refractivity contribution >= 4 is 45.2 Å². The van der Waals surface area contributed by atoms with Crippen molar-refractivity contribution in [1.29, 1.82) is 0 Å². The molecule has 0 aliphatic carbocycles. The van der Waals surface area contributed by atoms with Crippen LogP contribution in [0.4, 0.5) is 5.00 Å².